The van der Waals surface area contributed by atoms with E-state index in [0.29, 0.717) is 12.5 Å². The van der Waals surface area contributed by atoms with Crippen molar-refractivity contribution in [3.63, 3.8) is 0 Å². The van der Waals surface area contributed by atoms with Crippen LogP contribution in [-0.2, 0) is 0 Å². The summed E-state index contributed by atoms with van der Waals surface area (Å²) in [5, 5.41) is 13.0. The zero-order valence-electron chi connectivity index (χ0n) is 11.5. The van der Waals surface area contributed by atoms with Crippen LogP contribution in [0.15, 0.2) is 24.3 Å². The lowest BCUT2D eigenvalue weighted by Crippen LogP contribution is -2.17. The molecule has 0 heterocycles. The standard InChI is InChI=1S/C16H25NO/c1-12-6-8-13(9-7-12)14-4-3-5-15(10-14)16(18)11-17-2/h3-5,10,12-13,16-18H,6-9,11H2,1-2H3. The normalized spacial score (nSPS) is 25.9. The van der Waals surface area contributed by atoms with Gasteiger partial charge >= 0.3 is 0 Å². The predicted octanol–water partition coefficient (Wildman–Crippen LogP) is 3.23. The number of rotatable bonds is 4. The average Bonchev–Trinajstić information content (AvgIpc) is 2.40. The van der Waals surface area contributed by atoms with E-state index in [-0.39, 0.29) is 0 Å². The maximum atomic E-state index is 10.0. The van der Waals surface area contributed by atoms with Crippen molar-refractivity contribution in [2.45, 2.75) is 44.6 Å². The fourth-order valence-electron chi connectivity index (χ4n) is 2.92. The second-order valence-electron chi connectivity index (χ2n) is 5.70. The van der Waals surface area contributed by atoms with Crippen LogP contribution in [0, 0.1) is 5.92 Å². The van der Waals surface area contributed by atoms with E-state index in [1.54, 1.807) is 0 Å². The molecule has 0 aromatic heterocycles. The number of likely N-dealkylation sites (N-methyl/N-ethyl adjacent to an activating group) is 1. The van der Waals surface area contributed by atoms with Gasteiger partial charge in [0.15, 0.2) is 0 Å². The number of nitrogens with one attached hydrogen (secondary N) is 1. The Kier molecular flexibility index (Phi) is 4.79. The van der Waals surface area contributed by atoms with Crippen molar-refractivity contribution in [3.8, 4) is 0 Å². The maximum Gasteiger partial charge on any atom is 0.0914 e. The Morgan fingerprint density at radius 1 is 1.28 bits per heavy atom. The molecule has 2 rings (SSSR count). The van der Waals surface area contributed by atoms with Gasteiger partial charge in [-0.15, -0.1) is 0 Å². The second kappa shape index (κ2) is 6.35. The van der Waals surface area contributed by atoms with Gasteiger partial charge in [-0.25, -0.2) is 0 Å². The molecule has 0 aliphatic heterocycles. The molecule has 2 heteroatoms. The summed E-state index contributed by atoms with van der Waals surface area (Å²) in [5.41, 5.74) is 2.45. The van der Waals surface area contributed by atoms with Gasteiger partial charge in [-0.2, -0.15) is 0 Å². The highest BCUT2D eigenvalue weighted by Crippen LogP contribution is 2.36. The summed E-state index contributed by atoms with van der Waals surface area (Å²) in [6, 6.07) is 8.53. The van der Waals surface area contributed by atoms with Crippen LogP contribution in [0.3, 0.4) is 0 Å². The Balaban J connectivity index is 2.07. The van der Waals surface area contributed by atoms with Crippen LogP contribution in [0.1, 0.15) is 55.8 Å². The minimum atomic E-state index is -0.391. The third kappa shape index (κ3) is 3.33. The molecular formula is C16H25NO. The van der Waals surface area contributed by atoms with E-state index in [2.05, 4.69) is 30.4 Å². The quantitative estimate of drug-likeness (QED) is 0.856. The van der Waals surface area contributed by atoms with E-state index in [4.69, 9.17) is 0 Å². The molecule has 1 aliphatic rings. The van der Waals surface area contributed by atoms with Crippen molar-refractivity contribution in [2.24, 2.45) is 5.92 Å². The average molecular weight is 247 g/mol. The van der Waals surface area contributed by atoms with Crippen LogP contribution in [0.2, 0.25) is 0 Å². The highest BCUT2D eigenvalue weighted by Gasteiger charge is 2.20. The Hall–Kier alpha value is -0.860. The molecule has 0 saturated heterocycles. The fourth-order valence-corrected chi connectivity index (χ4v) is 2.92. The smallest absolute Gasteiger partial charge is 0.0914 e. The highest BCUT2D eigenvalue weighted by molar-refractivity contribution is 5.28. The van der Waals surface area contributed by atoms with Crippen molar-refractivity contribution < 1.29 is 5.11 Å². The Labute approximate surface area is 110 Å². The number of hydrogen-bond acceptors (Lipinski definition) is 2. The van der Waals surface area contributed by atoms with E-state index in [1.165, 1.54) is 31.2 Å². The van der Waals surface area contributed by atoms with Crippen molar-refractivity contribution in [2.75, 3.05) is 13.6 Å². The van der Waals surface area contributed by atoms with Gasteiger partial charge in [-0.05, 0) is 42.9 Å². The van der Waals surface area contributed by atoms with Gasteiger partial charge < -0.3 is 10.4 Å². The summed E-state index contributed by atoms with van der Waals surface area (Å²) in [7, 11) is 1.87. The third-order valence-electron chi connectivity index (χ3n) is 4.18. The zero-order chi connectivity index (χ0) is 13.0. The maximum absolute atomic E-state index is 10.0. The van der Waals surface area contributed by atoms with Crippen LogP contribution in [-0.4, -0.2) is 18.7 Å². The molecule has 1 unspecified atom stereocenters. The molecule has 18 heavy (non-hydrogen) atoms. The summed E-state index contributed by atoms with van der Waals surface area (Å²) in [5.74, 6) is 1.59. The molecule has 1 saturated carbocycles. The lowest BCUT2D eigenvalue weighted by atomic mass is 9.79. The lowest BCUT2D eigenvalue weighted by molar-refractivity contribution is 0.177. The van der Waals surface area contributed by atoms with Gasteiger partial charge in [-0.3, -0.25) is 0 Å². The Morgan fingerprint density at radius 2 is 2.00 bits per heavy atom. The van der Waals surface area contributed by atoms with E-state index >= 15 is 0 Å². The summed E-state index contributed by atoms with van der Waals surface area (Å²) in [6.45, 7) is 2.97. The van der Waals surface area contributed by atoms with Crippen molar-refractivity contribution in [1.82, 2.24) is 5.32 Å². The molecule has 0 spiro atoms. The summed E-state index contributed by atoms with van der Waals surface area (Å²) in [6.07, 6.45) is 4.89. The van der Waals surface area contributed by atoms with Gasteiger partial charge in [0, 0.05) is 6.54 Å². The SMILES string of the molecule is CNCC(O)c1cccc(C2CCC(C)CC2)c1. The molecule has 0 bridgehead atoms. The minimum absolute atomic E-state index is 0.391. The van der Waals surface area contributed by atoms with Crippen molar-refractivity contribution in [3.05, 3.63) is 35.4 Å². The number of hydrogen-bond donors (Lipinski definition) is 2. The molecule has 0 amide bonds. The van der Waals surface area contributed by atoms with Crippen LogP contribution in [0.5, 0.6) is 0 Å². The predicted molar refractivity (Wildman–Crippen MR) is 75.7 cm³/mol. The molecule has 1 aromatic carbocycles. The monoisotopic (exact) mass is 247 g/mol. The molecular weight excluding hydrogens is 222 g/mol. The van der Waals surface area contributed by atoms with Crippen molar-refractivity contribution in [1.29, 1.82) is 0 Å². The van der Waals surface area contributed by atoms with Crippen LogP contribution < -0.4 is 5.32 Å². The van der Waals surface area contributed by atoms with E-state index in [0.717, 1.165) is 11.5 Å². The Morgan fingerprint density at radius 3 is 2.67 bits per heavy atom. The zero-order valence-corrected chi connectivity index (χ0v) is 11.5. The second-order valence-corrected chi connectivity index (χ2v) is 5.70. The third-order valence-corrected chi connectivity index (χ3v) is 4.18. The molecule has 1 fully saturated rings. The first-order valence-electron chi connectivity index (χ1n) is 7.13. The van der Waals surface area contributed by atoms with Gasteiger partial charge in [0.25, 0.3) is 0 Å². The molecule has 2 nitrogen and oxygen atoms in total. The number of aliphatic hydroxyl groups is 1. The van der Waals surface area contributed by atoms with E-state index in [9.17, 15) is 5.11 Å². The van der Waals surface area contributed by atoms with Gasteiger partial charge in [0.05, 0.1) is 6.10 Å². The fraction of sp³-hybridized carbons (Fsp3) is 0.625. The van der Waals surface area contributed by atoms with Crippen LogP contribution in [0.25, 0.3) is 0 Å². The molecule has 1 aliphatic carbocycles. The largest absolute Gasteiger partial charge is 0.387 e. The summed E-state index contributed by atoms with van der Waals surface area (Å²) >= 11 is 0. The lowest BCUT2D eigenvalue weighted by Gasteiger charge is -2.27. The summed E-state index contributed by atoms with van der Waals surface area (Å²) in [4.78, 5) is 0. The molecule has 1 atom stereocenters. The van der Waals surface area contributed by atoms with Crippen LogP contribution in [0.4, 0.5) is 0 Å². The van der Waals surface area contributed by atoms with E-state index in [1.807, 2.05) is 13.1 Å². The van der Waals surface area contributed by atoms with Gasteiger partial charge in [0.2, 0.25) is 0 Å². The van der Waals surface area contributed by atoms with Crippen molar-refractivity contribution >= 4 is 0 Å². The molecule has 0 radical (unpaired) electrons. The van der Waals surface area contributed by atoms with Gasteiger partial charge in [-0.1, -0.05) is 44.0 Å². The first kappa shape index (κ1) is 13.6. The number of benzene rings is 1. The first-order chi connectivity index (χ1) is 8.70. The van der Waals surface area contributed by atoms with Crippen LogP contribution >= 0.6 is 0 Å². The molecule has 2 N–H and O–H groups in total. The van der Waals surface area contributed by atoms with Gasteiger partial charge in [0.1, 0.15) is 0 Å². The minimum Gasteiger partial charge on any atom is -0.387 e. The number of aliphatic hydroxyl groups excluding tert-OH is 1. The van der Waals surface area contributed by atoms with E-state index < -0.39 is 6.10 Å². The Bertz CT molecular complexity index is 369. The molecule has 100 valence electrons. The molecule has 1 aromatic rings. The topological polar surface area (TPSA) is 32.3 Å². The first-order valence-corrected chi connectivity index (χ1v) is 7.13. The summed E-state index contributed by atoms with van der Waals surface area (Å²) < 4.78 is 0. The highest BCUT2D eigenvalue weighted by atomic mass is 16.3.